The third-order valence-corrected chi connectivity index (χ3v) is 4.57. The van der Waals surface area contributed by atoms with Gasteiger partial charge in [-0.2, -0.15) is 5.10 Å². The van der Waals surface area contributed by atoms with E-state index in [1.54, 1.807) is 16.9 Å². The number of carbonyl (C=O) groups excluding carboxylic acids is 2. The van der Waals surface area contributed by atoms with Crippen LogP contribution in [0.2, 0.25) is 0 Å². The first kappa shape index (κ1) is 21.6. The highest BCUT2D eigenvalue weighted by Gasteiger charge is 2.23. The van der Waals surface area contributed by atoms with Crippen LogP contribution >= 0.6 is 0 Å². The van der Waals surface area contributed by atoms with Gasteiger partial charge in [0.15, 0.2) is 5.82 Å². The first-order valence-electron chi connectivity index (χ1n) is 9.69. The summed E-state index contributed by atoms with van der Waals surface area (Å²) in [7, 11) is 3.97. The van der Waals surface area contributed by atoms with E-state index in [9.17, 15) is 9.59 Å². The smallest absolute Gasteiger partial charge is 0.314 e. The van der Waals surface area contributed by atoms with Crippen LogP contribution in [0, 0.1) is 5.92 Å². The van der Waals surface area contributed by atoms with Crippen LogP contribution in [-0.2, 0) is 22.6 Å². The van der Waals surface area contributed by atoms with E-state index in [0.29, 0.717) is 12.4 Å². The average Bonchev–Trinajstić information content (AvgIpc) is 3.11. The average molecular weight is 386 g/mol. The van der Waals surface area contributed by atoms with Gasteiger partial charge in [0, 0.05) is 18.8 Å². The molecule has 0 saturated heterocycles. The molecule has 7 nitrogen and oxygen atoms in total. The second-order valence-electron chi connectivity index (χ2n) is 7.51. The minimum atomic E-state index is -0.714. The summed E-state index contributed by atoms with van der Waals surface area (Å²) in [5.74, 6) is -0.864. The molecule has 0 aliphatic heterocycles. The highest BCUT2D eigenvalue weighted by atomic mass is 16.2. The topological polar surface area (TPSA) is 79.3 Å². The third-order valence-electron chi connectivity index (χ3n) is 4.57. The van der Waals surface area contributed by atoms with E-state index >= 15 is 0 Å². The van der Waals surface area contributed by atoms with Crippen molar-refractivity contribution >= 4 is 17.6 Å². The molecule has 0 aliphatic carbocycles. The monoisotopic (exact) mass is 385 g/mol. The summed E-state index contributed by atoms with van der Waals surface area (Å²) in [6, 6.07) is 9.57. The number of amides is 2. The molecule has 1 aromatic heterocycles. The minimum absolute atomic E-state index is 0.148. The van der Waals surface area contributed by atoms with Gasteiger partial charge in [-0.1, -0.05) is 45.0 Å². The van der Waals surface area contributed by atoms with E-state index in [2.05, 4.69) is 34.8 Å². The zero-order valence-electron chi connectivity index (χ0n) is 17.4. The molecule has 2 N–H and O–H groups in total. The van der Waals surface area contributed by atoms with Gasteiger partial charge in [0.05, 0.1) is 12.6 Å². The fraction of sp³-hybridized carbons (Fsp3) is 0.476. The van der Waals surface area contributed by atoms with Gasteiger partial charge in [0.1, 0.15) is 0 Å². The molecule has 1 aromatic carbocycles. The predicted octanol–water partition coefficient (Wildman–Crippen LogP) is 2.46. The summed E-state index contributed by atoms with van der Waals surface area (Å²) in [6.45, 7) is 7.68. The number of benzene rings is 1. The molecular formula is C21H31N5O2. The third kappa shape index (κ3) is 6.20. The molecule has 2 amide bonds. The van der Waals surface area contributed by atoms with Crippen LogP contribution in [0.1, 0.15) is 37.9 Å². The van der Waals surface area contributed by atoms with Gasteiger partial charge in [0.25, 0.3) is 0 Å². The van der Waals surface area contributed by atoms with E-state index in [1.807, 2.05) is 45.0 Å². The van der Waals surface area contributed by atoms with Crippen molar-refractivity contribution in [1.29, 1.82) is 0 Å². The zero-order chi connectivity index (χ0) is 20.7. The van der Waals surface area contributed by atoms with Crippen molar-refractivity contribution in [3.8, 4) is 0 Å². The van der Waals surface area contributed by atoms with Crippen molar-refractivity contribution in [3.63, 3.8) is 0 Å². The summed E-state index contributed by atoms with van der Waals surface area (Å²) < 4.78 is 1.74. The number of nitrogens with one attached hydrogen (secondary N) is 2. The molecule has 1 atom stereocenters. The Labute approximate surface area is 167 Å². The Balaban J connectivity index is 1.98. The predicted molar refractivity (Wildman–Crippen MR) is 111 cm³/mol. The maximum Gasteiger partial charge on any atom is 0.314 e. The SMILES string of the molecule is CCc1ccc(C(NC(=O)C(=O)Nc2ccn(CCN(C)C)n2)C(C)C)cc1. The first-order chi connectivity index (χ1) is 13.3. The standard InChI is InChI=1S/C21H31N5O2/c1-6-16-7-9-17(10-8-16)19(15(2)3)23-21(28)20(27)22-18-11-12-26(24-18)14-13-25(4)5/h7-12,15,19H,6,13-14H2,1-5H3,(H,23,28)(H,22,24,27). The van der Waals surface area contributed by atoms with Crippen molar-refractivity contribution in [2.75, 3.05) is 26.0 Å². The fourth-order valence-electron chi connectivity index (χ4n) is 2.83. The van der Waals surface area contributed by atoms with Gasteiger partial charge >= 0.3 is 11.8 Å². The molecule has 2 rings (SSSR count). The molecule has 7 heteroatoms. The van der Waals surface area contributed by atoms with Crippen molar-refractivity contribution in [2.45, 2.75) is 39.8 Å². The van der Waals surface area contributed by atoms with Gasteiger partial charge < -0.3 is 15.5 Å². The highest BCUT2D eigenvalue weighted by molar-refractivity contribution is 6.39. The maximum atomic E-state index is 12.4. The van der Waals surface area contributed by atoms with E-state index < -0.39 is 11.8 Å². The molecule has 2 aromatic rings. The van der Waals surface area contributed by atoms with E-state index in [1.165, 1.54) is 5.56 Å². The number of nitrogens with zero attached hydrogens (tertiary/aromatic N) is 3. The molecule has 0 aliphatic rings. The lowest BCUT2D eigenvalue weighted by atomic mass is 9.95. The van der Waals surface area contributed by atoms with Crippen molar-refractivity contribution in [1.82, 2.24) is 20.0 Å². The summed E-state index contributed by atoms with van der Waals surface area (Å²) in [5.41, 5.74) is 2.22. The molecule has 0 spiro atoms. The number of likely N-dealkylation sites (N-methyl/N-ethyl adjacent to an activating group) is 1. The Morgan fingerprint density at radius 2 is 1.79 bits per heavy atom. The number of aryl methyl sites for hydroxylation is 1. The number of carbonyl (C=O) groups is 2. The Kier molecular flexibility index (Phi) is 7.75. The highest BCUT2D eigenvalue weighted by Crippen LogP contribution is 2.22. The Bertz CT molecular complexity index is 780. The number of aromatic nitrogens is 2. The van der Waals surface area contributed by atoms with E-state index in [4.69, 9.17) is 0 Å². The van der Waals surface area contributed by atoms with Gasteiger partial charge in [-0.3, -0.25) is 14.3 Å². The van der Waals surface area contributed by atoms with Crippen molar-refractivity contribution in [3.05, 3.63) is 47.7 Å². The Hall–Kier alpha value is -2.67. The van der Waals surface area contributed by atoms with Crippen LogP contribution in [0.25, 0.3) is 0 Å². The van der Waals surface area contributed by atoms with Crippen molar-refractivity contribution in [2.24, 2.45) is 5.92 Å². The van der Waals surface area contributed by atoms with Gasteiger partial charge in [-0.15, -0.1) is 0 Å². The summed E-state index contributed by atoms with van der Waals surface area (Å²) in [6.07, 6.45) is 2.74. The van der Waals surface area contributed by atoms with Crippen LogP contribution in [0.3, 0.4) is 0 Å². The van der Waals surface area contributed by atoms with Gasteiger partial charge in [-0.05, 0) is 37.6 Å². The second-order valence-corrected chi connectivity index (χ2v) is 7.51. The van der Waals surface area contributed by atoms with Crippen LogP contribution in [0.15, 0.2) is 36.5 Å². The molecule has 0 saturated carbocycles. The van der Waals surface area contributed by atoms with Gasteiger partial charge in [-0.25, -0.2) is 0 Å². The second kappa shape index (κ2) is 10.0. The quantitative estimate of drug-likeness (QED) is 0.684. The van der Waals surface area contributed by atoms with Gasteiger partial charge in [0.2, 0.25) is 0 Å². The molecule has 0 fully saturated rings. The number of hydrogen-bond acceptors (Lipinski definition) is 4. The normalized spacial score (nSPS) is 12.2. The largest absolute Gasteiger partial charge is 0.341 e. The molecule has 1 heterocycles. The summed E-state index contributed by atoms with van der Waals surface area (Å²) in [4.78, 5) is 26.8. The molecule has 1 unspecified atom stereocenters. The number of hydrogen-bond donors (Lipinski definition) is 2. The Morgan fingerprint density at radius 1 is 1.11 bits per heavy atom. The maximum absolute atomic E-state index is 12.4. The zero-order valence-corrected chi connectivity index (χ0v) is 17.4. The molecule has 152 valence electrons. The van der Waals surface area contributed by atoms with Crippen LogP contribution in [0.4, 0.5) is 5.82 Å². The van der Waals surface area contributed by atoms with E-state index in [0.717, 1.165) is 18.5 Å². The van der Waals surface area contributed by atoms with E-state index in [-0.39, 0.29) is 12.0 Å². The van der Waals surface area contributed by atoms with Crippen molar-refractivity contribution < 1.29 is 9.59 Å². The molecular weight excluding hydrogens is 354 g/mol. The molecule has 28 heavy (non-hydrogen) atoms. The van der Waals surface area contributed by atoms with Crippen LogP contribution in [0.5, 0.6) is 0 Å². The molecule has 0 radical (unpaired) electrons. The summed E-state index contributed by atoms with van der Waals surface area (Å²) >= 11 is 0. The lowest BCUT2D eigenvalue weighted by Crippen LogP contribution is -2.39. The lowest BCUT2D eigenvalue weighted by Gasteiger charge is -2.22. The first-order valence-corrected chi connectivity index (χ1v) is 9.69. The minimum Gasteiger partial charge on any atom is -0.341 e. The number of anilines is 1. The van der Waals surface area contributed by atoms with Crippen LogP contribution < -0.4 is 10.6 Å². The number of rotatable bonds is 8. The molecule has 0 bridgehead atoms. The Morgan fingerprint density at radius 3 is 2.36 bits per heavy atom. The summed E-state index contributed by atoms with van der Waals surface area (Å²) in [5, 5.41) is 9.69. The lowest BCUT2D eigenvalue weighted by molar-refractivity contribution is -0.136. The fourth-order valence-corrected chi connectivity index (χ4v) is 2.83. The van der Waals surface area contributed by atoms with Crippen LogP contribution in [-0.4, -0.2) is 47.1 Å².